The highest BCUT2D eigenvalue weighted by Crippen LogP contribution is 2.56. The number of hydrogen-bond donors (Lipinski definition) is 3. The van der Waals surface area contributed by atoms with Gasteiger partial charge in [-0.2, -0.15) is 0 Å². The number of fused-ring (bicyclic) bond motifs is 3. The quantitative estimate of drug-likeness (QED) is 0.116. The molecule has 4 aliphatic rings. The van der Waals surface area contributed by atoms with Crippen LogP contribution in [0, 0.1) is 11.8 Å². The molecule has 8 nitrogen and oxygen atoms in total. The number of aliphatic carboxylic acids is 1. The van der Waals surface area contributed by atoms with E-state index >= 15 is 0 Å². The second-order valence-corrected chi connectivity index (χ2v) is 18.4. The fraction of sp³-hybridized carbons (Fsp3) is 0.510. The molecular weight excluding hydrogens is 744 g/mol. The Kier molecular flexibility index (Phi) is 12.5. The number of benzene rings is 3. The van der Waals surface area contributed by atoms with E-state index in [1.807, 2.05) is 36.5 Å². The van der Waals surface area contributed by atoms with Crippen LogP contribution in [0.4, 0.5) is 5.69 Å². The Morgan fingerprint density at radius 2 is 1.76 bits per heavy atom. The van der Waals surface area contributed by atoms with Crippen molar-refractivity contribution >= 4 is 23.3 Å². The summed E-state index contributed by atoms with van der Waals surface area (Å²) in [6.07, 6.45) is 10.1. The zero-order chi connectivity index (χ0) is 40.3. The highest BCUT2D eigenvalue weighted by atomic mass is 35.5. The van der Waals surface area contributed by atoms with Crippen molar-refractivity contribution in [1.29, 1.82) is 0 Å². The Hall–Kier alpha value is -3.95. The van der Waals surface area contributed by atoms with Gasteiger partial charge in [0.15, 0.2) is 0 Å². The summed E-state index contributed by atoms with van der Waals surface area (Å²) in [7, 11) is 0. The number of aromatic nitrogens is 1. The van der Waals surface area contributed by atoms with Crippen molar-refractivity contribution in [3.05, 3.63) is 124 Å². The molecule has 58 heavy (non-hydrogen) atoms. The van der Waals surface area contributed by atoms with Crippen LogP contribution < -0.4 is 10.1 Å². The number of aryl methyl sites for hydroxylation is 1. The van der Waals surface area contributed by atoms with E-state index in [0.717, 1.165) is 88.2 Å². The van der Waals surface area contributed by atoms with Crippen LogP contribution in [0.2, 0.25) is 5.02 Å². The lowest BCUT2D eigenvalue weighted by molar-refractivity contribution is -0.144. The van der Waals surface area contributed by atoms with Crippen LogP contribution in [0.3, 0.4) is 0 Å². The van der Waals surface area contributed by atoms with Gasteiger partial charge in [0.25, 0.3) is 0 Å². The van der Waals surface area contributed by atoms with E-state index < -0.39 is 17.6 Å². The van der Waals surface area contributed by atoms with Crippen molar-refractivity contribution in [2.75, 3.05) is 51.2 Å². The van der Waals surface area contributed by atoms with Crippen molar-refractivity contribution < 1.29 is 19.7 Å². The second-order valence-electron chi connectivity index (χ2n) is 18.0. The molecule has 3 aromatic carbocycles. The van der Waals surface area contributed by atoms with Crippen molar-refractivity contribution in [2.24, 2.45) is 11.8 Å². The molecule has 1 aromatic heterocycles. The minimum Gasteiger partial charge on any atom is -0.493 e. The summed E-state index contributed by atoms with van der Waals surface area (Å²) in [5, 5.41) is 26.5. The van der Waals surface area contributed by atoms with Gasteiger partial charge >= 0.3 is 5.97 Å². The number of piperazine rings is 1. The van der Waals surface area contributed by atoms with Crippen LogP contribution in [-0.4, -0.2) is 82.4 Å². The lowest BCUT2D eigenvalue weighted by Gasteiger charge is -2.47. The molecular formula is C49H61ClN4O4. The van der Waals surface area contributed by atoms with Crippen LogP contribution in [0.25, 0.3) is 0 Å². The molecule has 1 saturated carbocycles. The monoisotopic (exact) mass is 804 g/mol. The number of rotatable bonds is 14. The molecule has 4 aromatic rings. The van der Waals surface area contributed by atoms with Gasteiger partial charge < -0.3 is 25.2 Å². The van der Waals surface area contributed by atoms with Gasteiger partial charge in [0.2, 0.25) is 0 Å². The zero-order valence-corrected chi connectivity index (χ0v) is 35.1. The van der Waals surface area contributed by atoms with E-state index in [4.69, 9.17) is 21.3 Å². The number of carboxylic acids is 1. The predicted octanol–water partition coefficient (Wildman–Crippen LogP) is 9.09. The summed E-state index contributed by atoms with van der Waals surface area (Å²) in [4.78, 5) is 22.7. The number of hydrogen-bond acceptors (Lipinski definition) is 7. The normalized spacial score (nSPS) is 25.8. The lowest BCUT2D eigenvalue weighted by Crippen LogP contribution is -2.53. The third kappa shape index (κ3) is 8.81. The van der Waals surface area contributed by atoms with Crippen molar-refractivity contribution in [3.63, 3.8) is 0 Å². The number of anilines is 1. The van der Waals surface area contributed by atoms with E-state index in [-0.39, 0.29) is 5.41 Å². The lowest BCUT2D eigenvalue weighted by atomic mass is 9.59. The maximum atomic E-state index is 13.1. The maximum Gasteiger partial charge on any atom is 0.329 e. The van der Waals surface area contributed by atoms with Gasteiger partial charge in [0.1, 0.15) is 11.3 Å². The molecule has 1 saturated heterocycles. The minimum atomic E-state index is -1.09. The molecule has 1 spiro atoms. The molecule has 3 aliphatic carbocycles. The Balaban J connectivity index is 0.981. The first-order valence-electron chi connectivity index (χ1n) is 21.8. The van der Waals surface area contributed by atoms with Crippen LogP contribution in [0.1, 0.15) is 104 Å². The van der Waals surface area contributed by atoms with E-state index in [1.54, 1.807) is 0 Å². The van der Waals surface area contributed by atoms with Gasteiger partial charge in [-0.1, -0.05) is 80.0 Å². The molecule has 8 rings (SSSR count). The fourth-order valence-corrected chi connectivity index (χ4v) is 11.0. The van der Waals surface area contributed by atoms with E-state index in [1.165, 1.54) is 40.8 Å². The second kappa shape index (κ2) is 17.7. The summed E-state index contributed by atoms with van der Waals surface area (Å²) in [6.45, 7) is 10.8. The average molecular weight is 806 g/mol. The van der Waals surface area contributed by atoms with Gasteiger partial charge in [-0.05, 0) is 134 Å². The summed E-state index contributed by atoms with van der Waals surface area (Å²) in [5.74, 6) is 1.24. The van der Waals surface area contributed by atoms with Gasteiger partial charge in [-0.25, -0.2) is 4.79 Å². The maximum absolute atomic E-state index is 13.1. The van der Waals surface area contributed by atoms with Crippen LogP contribution in [0.5, 0.6) is 5.75 Å². The molecule has 308 valence electrons. The number of carboxylic acid groups (broad SMARTS) is 1. The molecule has 1 aliphatic heterocycles. The number of halogens is 1. The van der Waals surface area contributed by atoms with E-state index in [2.05, 4.69) is 77.5 Å². The molecule has 2 fully saturated rings. The van der Waals surface area contributed by atoms with E-state index in [9.17, 15) is 15.0 Å². The standard InChI is InChI=1S/C49H61ClN4O4/c1-34(33-58-45-16-22-51-43-13-6-8-35(2)46(43)45)28-39-29-37-14-15-38(44(55)32-54-26-24-53(25-27-54)23-17-36-9-4-3-5-10-36)30-42(37)48(39)18-20-49(21-19-48,47(56)57)52-41-12-7-11-40(50)31-41/h3-5,7,9-12,14-16,22,30-31,34-35,39,44,52,55H,6,8,13,17-21,23-29,32-33H2,1-2H3,(H,56,57)/t34-,35-,39?,44?,48?,49?/m1/s1. The number of aliphatic hydroxyl groups is 1. The number of carbonyl (C=O) groups is 1. The number of ether oxygens (including phenoxy) is 1. The summed E-state index contributed by atoms with van der Waals surface area (Å²) in [6, 6.07) is 26.8. The molecule has 4 atom stereocenters. The Morgan fingerprint density at radius 3 is 2.52 bits per heavy atom. The average Bonchev–Trinajstić information content (AvgIpc) is 3.52. The minimum absolute atomic E-state index is 0.191. The highest BCUT2D eigenvalue weighted by Gasteiger charge is 2.54. The van der Waals surface area contributed by atoms with Crippen molar-refractivity contribution in [3.8, 4) is 5.75 Å². The topological polar surface area (TPSA) is 98.2 Å². The first-order valence-corrected chi connectivity index (χ1v) is 22.2. The Labute approximate surface area is 350 Å². The fourth-order valence-electron chi connectivity index (χ4n) is 10.8. The van der Waals surface area contributed by atoms with Crippen LogP contribution >= 0.6 is 11.6 Å². The van der Waals surface area contributed by atoms with Crippen molar-refractivity contribution in [1.82, 2.24) is 14.8 Å². The first-order chi connectivity index (χ1) is 28.1. The molecule has 0 radical (unpaired) electrons. The van der Waals surface area contributed by atoms with E-state index in [0.29, 0.717) is 48.8 Å². The zero-order valence-electron chi connectivity index (χ0n) is 34.3. The Morgan fingerprint density at radius 1 is 0.983 bits per heavy atom. The number of nitrogens with one attached hydrogen (secondary N) is 1. The molecule has 3 N–H and O–H groups in total. The van der Waals surface area contributed by atoms with Gasteiger partial charge in [0, 0.05) is 67.4 Å². The van der Waals surface area contributed by atoms with Gasteiger partial charge in [-0.3, -0.25) is 9.88 Å². The molecule has 0 amide bonds. The van der Waals surface area contributed by atoms with Gasteiger partial charge in [-0.15, -0.1) is 0 Å². The third-order valence-electron chi connectivity index (χ3n) is 14.2. The summed E-state index contributed by atoms with van der Waals surface area (Å²) < 4.78 is 6.62. The third-order valence-corrected chi connectivity index (χ3v) is 14.4. The number of β-amino-alcohol motifs (C(OH)–C–C–N with tert-alkyl or cyclic N) is 1. The molecule has 2 unspecified atom stereocenters. The number of pyridine rings is 1. The molecule has 2 heterocycles. The van der Waals surface area contributed by atoms with Crippen LogP contribution in [0.15, 0.2) is 85.1 Å². The predicted molar refractivity (Wildman–Crippen MR) is 232 cm³/mol. The smallest absolute Gasteiger partial charge is 0.329 e. The SMILES string of the molecule is C[C@@H](COc1ccnc2c1[C@H](C)CCC2)CC1Cc2ccc(C(O)CN3CCN(CCc4ccccc4)CC3)cc2C12CCC(Nc1cccc(Cl)c1)(C(=O)O)CC2. The van der Waals surface area contributed by atoms with Crippen molar-refractivity contribution in [2.45, 2.75) is 101 Å². The van der Waals surface area contributed by atoms with Crippen LogP contribution in [-0.2, 0) is 29.5 Å². The Bertz CT molecular complexity index is 2030. The largest absolute Gasteiger partial charge is 0.493 e. The molecule has 9 heteroatoms. The summed E-state index contributed by atoms with van der Waals surface area (Å²) in [5.41, 5.74) is 6.91. The molecule has 0 bridgehead atoms. The summed E-state index contributed by atoms with van der Waals surface area (Å²) >= 11 is 6.33. The first kappa shape index (κ1) is 40.8. The van der Waals surface area contributed by atoms with Gasteiger partial charge in [0.05, 0.1) is 12.7 Å². The number of nitrogens with zero attached hydrogens (tertiary/aromatic N) is 3. The number of aliphatic hydroxyl groups excluding tert-OH is 1. The highest BCUT2D eigenvalue weighted by molar-refractivity contribution is 6.30.